The molecule has 0 saturated heterocycles. The molecule has 0 N–H and O–H groups in total. The quantitative estimate of drug-likeness (QED) is 0.401. The van der Waals surface area contributed by atoms with Crippen LogP contribution in [0.5, 0.6) is 0 Å². The number of rotatable bonds is 4. The first-order valence-corrected chi connectivity index (χ1v) is 5.19. The maximum Gasteiger partial charge on any atom is 0.110 e. The fourth-order valence-corrected chi connectivity index (χ4v) is 1.16. The molecule has 0 bridgehead atoms. The second-order valence-corrected chi connectivity index (χ2v) is 6.14. The van der Waals surface area contributed by atoms with Crippen LogP contribution in [-0.2, 0) is 0 Å². The van der Waals surface area contributed by atoms with E-state index in [2.05, 4.69) is 57.4 Å². The van der Waals surface area contributed by atoms with Gasteiger partial charge in [-0.3, -0.25) is 0 Å². The van der Waals surface area contributed by atoms with E-state index in [4.69, 9.17) is 0 Å². The molecule has 4 heteroatoms. The molecule has 0 saturated carbocycles. The van der Waals surface area contributed by atoms with Crippen LogP contribution in [0.25, 0.3) is 0 Å². The third-order valence-corrected chi connectivity index (χ3v) is 3.47. The summed E-state index contributed by atoms with van der Waals surface area (Å²) in [5.74, 6) is 0. The highest BCUT2D eigenvalue weighted by Crippen LogP contribution is 2.34. The second-order valence-electron chi connectivity index (χ2n) is 2.35. The zero-order valence-corrected chi connectivity index (χ0v) is 9.57. The molecule has 0 aliphatic rings. The van der Waals surface area contributed by atoms with Crippen molar-refractivity contribution < 1.29 is 0 Å². The average molecular weight is 214 g/mol. The first-order valence-electron chi connectivity index (χ1n) is 3.33. The molecular formula is C6H14S4. The van der Waals surface area contributed by atoms with Crippen molar-refractivity contribution in [3.63, 3.8) is 0 Å². The third-order valence-electron chi connectivity index (χ3n) is 1.28. The van der Waals surface area contributed by atoms with Crippen LogP contribution < -0.4 is 0 Å². The zero-order valence-electron chi connectivity index (χ0n) is 5.99. The monoisotopic (exact) mass is 214 g/mol. The minimum atomic E-state index is -0.543. The van der Waals surface area contributed by atoms with Crippen LogP contribution in [0, 0.1) is 0 Å². The van der Waals surface area contributed by atoms with Crippen molar-refractivity contribution >= 4 is 50.5 Å². The van der Waals surface area contributed by atoms with E-state index in [0.29, 0.717) is 0 Å². The Balaban J connectivity index is 3.52. The van der Waals surface area contributed by atoms with Crippen molar-refractivity contribution in [3.05, 3.63) is 0 Å². The molecule has 0 aliphatic carbocycles. The Morgan fingerprint density at radius 2 is 1.80 bits per heavy atom. The summed E-state index contributed by atoms with van der Waals surface area (Å²) in [5, 5.41) is 0.155. The minimum absolute atomic E-state index is 0.155. The van der Waals surface area contributed by atoms with E-state index in [1.807, 2.05) is 0 Å². The molecule has 0 amide bonds. The summed E-state index contributed by atoms with van der Waals surface area (Å²) in [4.78, 5) is 0. The zero-order chi connectivity index (χ0) is 8.20. The molecule has 1 unspecified atom stereocenters. The normalized spacial score (nSPS) is 15.3. The van der Waals surface area contributed by atoms with Gasteiger partial charge in [-0.2, -0.15) is 50.5 Å². The van der Waals surface area contributed by atoms with E-state index < -0.39 is 3.41 Å². The molecule has 0 aliphatic heterocycles. The molecule has 0 rings (SSSR count). The van der Waals surface area contributed by atoms with E-state index in [9.17, 15) is 0 Å². The maximum absolute atomic E-state index is 4.32. The van der Waals surface area contributed by atoms with Crippen LogP contribution in [0.15, 0.2) is 0 Å². The summed E-state index contributed by atoms with van der Waals surface area (Å²) in [7, 11) is 0. The number of hydrogen-bond acceptors (Lipinski definition) is 4. The first-order chi connectivity index (χ1) is 4.48. The highest BCUT2D eigenvalue weighted by Gasteiger charge is 2.23. The minimum Gasteiger partial charge on any atom is -0.173 e. The van der Waals surface area contributed by atoms with Crippen molar-refractivity contribution in [2.45, 2.75) is 34.8 Å². The summed E-state index contributed by atoms with van der Waals surface area (Å²) >= 11 is 16.8. The van der Waals surface area contributed by atoms with E-state index >= 15 is 0 Å². The standard InChI is InChI=1S/C6H14S4/c1-2-3-4-5(7)6(8,9)10/h5,7-10H,2-4H2,1H3. The van der Waals surface area contributed by atoms with Gasteiger partial charge in [-0.1, -0.05) is 19.8 Å². The predicted octanol–water partition coefficient (Wildman–Crippen LogP) is 2.92. The summed E-state index contributed by atoms with van der Waals surface area (Å²) in [5.41, 5.74) is 0. The van der Waals surface area contributed by atoms with E-state index in [0.717, 1.165) is 12.8 Å². The molecule has 0 aromatic carbocycles. The third kappa shape index (κ3) is 5.10. The van der Waals surface area contributed by atoms with Crippen molar-refractivity contribution in [2.24, 2.45) is 0 Å². The summed E-state index contributed by atoms with van der Waals surface area (Å²) < 4.78 is -0.543. The summed E-state index contributed by atoms with van der Waals surface area (Å²) in [6, 6.07) is 0. The average Bonchev–Trinajstić information content (AvgIpc) is 1.80. The summed E-state index contributed by atoms with van der Waals surface area (Å²) in [6.07, 6.45) is 3.37. The number of hydrogen-bond donors (Lipinski definition) is 4. The van der Waals surface area contributed by atoms with Gasteiger partial charge in [-0.15, -0.1) is 0 Å². The van der Waals surface area contributed by atoms with Crippen molar-refractivity contribution in [1.82, 2.24) is 0 Å². The van der Waals surface area contributed by atoms with Gasteiger partial charge in [0.15, 0.2) is 0 Å². The second kappa shape index (κ2) is 5.12. The highest BCUT2D eigenvalue weighted by molar-refractivity contribution is 8.18. The Labute approximate surface area is 85.2 Å². The van der Waals surface area contributed by atoms with Gasteiger partial charge in [0.05, 0.1) is 0 Å². The maximum atomic E-state index is 4.32. The van der Waals surface area contributed by atoms with Gasteiger partial charge in [0.25, 0.3) is 0 Å². The summed E-state index contributed by atoms with van der Waals surface area (Å²) in [6.45, 7) is 2.15. The molecule has 1 atom stereocenters. The Kier molecular flexibility index (Phi) is 5.83. The first kappa shape index (κ1) is 11.4. The van der Waals surface area contributed by atoms with Crippen LogP contribution in [-0.4, -0.2) is 8.66 Å². The van der Waals surface area contributed by atoms with Gasteiger partial charge >= 0.3 is 0 Å². The SMILES string of the molecule is CCCCC(S)C(S)(S)S. The molecule has 0 fully saturated rings. The highest BCUT2D eigenvalue weighted by atomic mass is 32.2. The van der Waals surface area contributed by atoms with Crippen molar-refractivity contribution in [2.75, 3.05) is 0 Å². The lowest BCUT2D eigenvalue weighted by atomic mass is 10.2. The molecule has 0 nitrogen and oxygen atoms in total. The van der Waals surface area contributed by atoms with Gasteiger partial charge in [-0.05, 0) is 6.42 Å². The van der Waals surface area contributed by atoms with Gasteiger partial charge in [0.1, 0.15) is 3.41 Å². The lowest BCUT2D eigenvalue weighted by molar-refractivity contribution is 0.704. The molecule has 0 aromatic rings. The van der Waals surface area contributed by atoms with E-state index in [1.165, 1.54) is 6.42 Å². The fourth-order valence-electron chi connectivity index (χ4n) is 0.591. The lowest BCUT2D eigenvalue weighted by Gasteiger charge is -2.22. The Hall–Kier alpha value is 1.40. The van der Waals surface area contributed by atoms with Crippen molar-refractivity contribution in [1.29, 1.82) is 0 Å². The Morgan fingerprint density at radius 3 is 2.10 bits per heavy atom. The van der Waals surface area contributed by atoms with Crippen LogP contribution in [0.4, 0.5) is 0 Å². The van der Waals surface area contributed by atoms with Gasteiger partial charge in [0.2, 0.25) is 0 Å². The molecule has 10 heavy (non-hydrogen) atoms. The van der Waals surface area contributed by atoms with Gasteiger partial charge < -0.3 is 0 Å². The topological polar surface area (TPSA) is 0 Å². The molecule has 62 valence electrons. The predicted molar refractivity (Wildman–Crippen MR) is 62.0 cm³/mol. The number of thiol groups is 4. The molecular weight excluding hydrogens is 200 g/mol. The molecule has 0 radical (unpaired) electrons. The Bertz CT molecular complexity index is 86.2. The van der Waals surface area contributed by atoms with Crippen LogP contribution in [0.2, 0.25) is 0 Å². The number of unbranched alkanes of at least 4 members (excludes halogenated alkanes) is 1. The fraction of sp³-hybridized carbons (Fsp3) is 1.00. The van der Waals surface area contributed by atoms with Crippen LogP contribution in [0.1, 0.15) is 26.2 Å². The Morgan fingerprint density at radius 1 is 1.30 bits per heavy atom. The van der Waals surface area contributed by atoms with Gasteiger partial charge in [-0.25, -0.2) is 0 Å². The molecule has 0 heterocycles. The smallest absolute Gasteiger partial charge is 0.110 e. The van der Waals surface area contributed by atoms with Crippen LogP contribution >= 0.6 is 50.5 Å². The molecule has 0 aromatic heterocycles. The van der Waals surface area contributed by atoms with E-state index in [-0.39, 0.29) is 5.25 Å². The van der Waals surface area contributed by atoms with Crippen molar-refractivity contribution in [3.8, 4) is 0 Å². The van der Waals surface area contributed by atoms with E-state index in [1.54, 1.807) is 0 Å². The van der Waals surface area contributed by atoms with Crippen LogP contribution in [0.3, 0.4) is 0 Å². The lowest BCUT2D eigenvalue weighted by Crippen LogP contribution is -2.19. The molecule has 0 spiro atoms. The largest absolute Gasteiger partial charge is 0.173 e. The van der Waals surface area contributed by atoms with Gasteiger partial charge in [0, 0.05) is 5.25 Å².